The van der Waals surface area contributed by atoms with Crippen molar-refractivity contribution in [1.82, 2.24) is 15.5 Å². The van der Waals surface area contributed by atoms with E-state index in [9.17, 15) is 23.6 Å². The highest BCUT2D eigenvalue weighted by atomic mass is 19.1. The molecular weight excluding hydrogens is 379 g/mol. The summed E-state index contributed by atoms with van der Waals surface area (Å²) in [6, 6.07) is 9.73. The number of hydrogen-bond donors (Lipinski definition) is 3. The monoisotopic (exact) mass is 398 g/mol. The van der Waals surface area contributed by atoms with Gasteiger partial charge in [0.15, 0.2) is 0 Å². The van der Waals surface area contributed by atoms with Gasteiger partial charge in [0.2, 0.25) is 12.3 Å². The number of halogens is 1. The van der Waals surface area contributed by atoms with Crippen LogP contribution in [0.4, 0.5) is 4.39 Å². The number of primary amides is 1. The van der Waals surface area contributed by atoms with Crippen molar-refractivity contribution in [3.8, 4) is 0 Å². The lowest BCUT2D eigenvalue weighted by molar-refractivity contribution is -0.131. The van der Waals surface area contributed by atoms with Crippen molar-refractivity contribution >= 4 is 24.1 Å². The smallest absolute Gasteiger partial charge is 0.254 e. The topological polar surface area (TPSA) is 122 Å². The summed E-state index contributed by atoms with van der Waals surface area (Å²) < 4.78 is 13.4. The maximum Gasteiger partial charge on any atom is 0.254 e. The van der Waals surface area contributed by atoms with Gasteiger partial charge in [0.1, 0.15) is 11.4 Å². The number of carbonyl (C=O) groups excluding carboxylic acids is 4. The third kappa shape index (κ3) is 3.59. The molecule has 1 aliphatic rings. The number of nitrogens with one attached hydrogen (secondary N) is 2. The van der Waals surface area contributed by atoms with Gasteiger partial charge in [-0.3, -0.25) is 24.5 Å². The molecule has 150 valence electrons. The van der Waals surface area contributed by atoms with E-state index in [-0.39, 0.29) is 31.0 Å². The van der Waals surface area contributed by atoms with Crippen molar-refractivity contribution < 1.29 is 23.6 Å². The van der Waals surface area contributed by atoms with Crippen LogP contribution >= 0.6 is 0 Å². The number of carbonyl (C=O) groups is 4. The predicted molar refractivity (Wildman–Crippen MR) is 101 cm³/mol. The number of imide groups is 1. The Labute approximate surface area is 165 Å². The minimum Gasteiger partial charge on any atom is -0.366 e. The molecule has 2 aromatic carbocycles. The quantitative estimate of drug-likeness (QED) is 0.578. The van der Waals surface area contributed by atoms with Gasteiger partial charge in [-0.05, 0) is 48.5 Å². The Bertz CT molecular complexity index is 992. The fourth-order valence-electron chi connectivity index (χ4n) is 3.49. The summed E-state index contributed by atoms with van der Waals surface area (Å²) in [7, 11) is 1.51. The van der Waals surface area contributed by atoms with Crippen LogP contribution in [-0.2, 0) is 21.7 Å². The molecule has 0 aliphatic carbocycles. The summed E-state index contributed by atoms with van der Waals surface area (Å²) in [6.45, 7) is 0.0164. The molecule has 4 amide bonds. The number of amides is 4. The van der Waals surface area contributed by atoms with Crippen molar-refractivity contribution in [2.75, 3.05) is 13.6 Å². The zero-order valence-electron chi connectivity index (χ0n) is 15.6. The predicted octanol–water partition coefficient (Wildman–Crippen LogP) is 0.268. The molecule has 29 heavy (non-hydrogen) atoms. The molecule has 3 rings (SSSR count). The van der Waals surface area contributed by atoms with Gasteiger partial charge in [0.05, 0.1) is 6.54 Å². The van der Waals surface area contributed by atoms with Crippen molar-refractivity contribution in [1.29, 1.82) is 0 Å². The molecule has 1 aliphatic heterocycles. The fourth-order valence-corrected chi connectivity index (χ4v) is 3.49. The number of nitrogens with two attached hydrogens (primary N) is 1. The highest BCUT2D eigenvalue weighted by Gasteiger charge is 2.43. The van der Waals surface area contributed by atoms with E-state index in [0.29, 0.717) is 16.7 Å². The van der Waals surface area contributed by atoms with Gasteiger partial charge in [-0.25, -0.2) is 4.39 Å². The second-order valence-corrected chi connectivity index (χ2v) is 6.65. The number of rotatable bonds is 7. The lowest BCUT2D eigenvalue weighted by Gasteiger charge is -2.35. The Kier molecular flexibility index (Phi) is 5.42. The van der Waals surface area contributed by atoms with Crippen molar-refractivity contribution in [2.24, 2.45) is 5.73 Å². The molecule has 4 N–H and O–H groups in total. The van der Waals surface area contributed by atoms with Crippen LogP contribution in [0.25, 0.3) is 0 Å². The van der Waals surface area contributed by atoms with E-state index in [1.165, 1.54) is 48.3 Å². The van der Waals surface area contributed by atoms with Crippen LogP contribution in [-0.4, -0.2) is 42.6 Å². The van der Waals surface area contributed by atoms with Crippen LogP contribution in [0.5, 0.6) is 0 Å². The summed E-state index contributed by atoms with van der Waals surface area (Å²) in [5.41, 5.74) is 5.45. The van der Waals surface area contributed by atoms with Crippen molar-refractivity contribution in [2.45, 2.75) is 12.1 Å². The van der Waals surface area contributed by atoms with Gasteiger partial charge < -0.3 is 16.0 Å². The lowest BCUT2D eigenvalue weighted by atomic mass is 9.88. The number of nitrogens with zero attached hydrogens (tertiary/aromatic N) is 1. The van der Waals surface area contributed by atoms with Gasteiger partial charge >= 0.3 is 0 Å². The van der Waals surface area contributed by atoms with Crippen LogP contribution in [0, 0.1) is 5.82 Å². The summed E-state index contributed by atoms with van der Waals surface area (Å²) in [6.07, 6.45) is 0.248. The summed E-state index contributed by atoms with van der Waals surface area (Å²) >= 11 is 0. The number of fused-ring (bicyclic) bond motifs is 1. The molecule has 1 atom stereocenters. The SMILES string of the molecule is CNC(CN1Cc2cc(C(N)=O)ccc2C1=O)(C(=O)NC=O)c1ccc(F)cc1. The first kappa shape index (κ1) is 20.2. The standard InChI is InChI=1S/C20H19FN4O4/c1-23-20(19(29)24-11-26,14-3-5-15(21)6-4-14)10-25-9-13-8-12(17(22)27)2-7-16(13)18(25)28/h2-8,11,23H,9-10H2,1H3,(H2,22,27)(H,24,26,29). The lowest BCUT2D eigenvalue weighted by Crippen LogP contribution is -2.59. The fraction of sp³-hybridized carbons (Fsp3) is 0.200. The maximum atomic E-state index is 13.4. The Balaban J connectivity index is 1.99. The maximum absolute atomic E-state index is 13.4. The van der Waals surface area contributed by atoms with E-state index in [1.54, 1.807) is 6.07 Å². The first-order valence-corrected chi connectivity index (χ1v) is 8.74. The van der Waals surface area contributed by atoms with E-state index < -0.39 is 23.2 Å². The number of hydrogen-bond acceptors (Lipinski definition) is 5. The Hall–Kier alpha value is -3.59. The Morgan fingerprint density at radius 2 is 1.93 bits per heavy atom. The van der Waals surface area contributed by atoms with E-state index in [4.69, 9.17) is 5.73 Å². The third-order valence-electron chi connectivity index (χ3n) is 5.04. The van der Waals surface area contributed by atoms with Crippen LogP contribution in [0.2, 0.25) is 0 Å². The first-order valence-electron chi connectivity index (χ1n) is 8.74. The molecule has 0 radical (unpaired) electrons. The molecule has 0 aromatic heterocycles. The Morgan fingerprint density at radius 3 is 2.52 bits per heavy atom. The van der Waals surface area contributed by atoms with E-state index >= 15 is 0 Å². The van der Waals surface area contributed by atoms with Crippen LogP contribution in [0.3, 0.4) is 0 Å². The highest BCUT2D eigenvalue weighted by molar-refractivity contribution is 6.01. The van der Waals surface area contributed by atoms with E-state index in [0.717, 1.165) is 0 Å². The molecular formula is C20H19FN4O4. The molecule has 0 saturated heterocycles. The van der Waals surface area contributed by atoms with E-state index in [2.05, 4.69) is 10.6 Å². The summed E-state index contributed by atoms with van der Waals surface area (Å²) in [5.74, 6) is -2.13. The third-order valence-corrected chi connectivity index (χ3v) is 5.04. The second-order valence-electron chi connectivity index (χ2n) is 6.65. The largest absolute Gasteiger partial charge is 0.366 e. The highest BCUT2D eigenvalue weighted by Crippen LogP contribution is 2.29. The number of likely N-dealkylation sites (N-methyl/N-ethyl adjacent to an activating group) is 1. The van der Waals surface area contributed by atoms with Crippen LogP contribution in [0.15, 0.2) is 42.5 Å². The summed E-state index contributed by atoms with van der Waals surface area (Å²) in [5, 5.41) is 4.99. The van der Waals surface area contributed by atoms with E-state index in [1.807, 2.05) is 0 Å². The van der Waals surface area contributed by atoms with Crippen LogP contribution < -0.4 is 16.4 Å². The zero-order valence-corrected chi connectivity index (χ0v) is 15.6. The normalized spacial score (nSPS) is 14.8. The number of benzene rings is 2. The molecule has 0 bridgehead atoms. The average Bonchev–Trinajstić information content (AvgIpc) is 3.01. The minimum absolute atomic E-state index is 0.131. The zero-order chi connectivity index (χ0) is 21.2. The van der Waals surface area contributed by atoms with Gasteiger partial charge in [-0.1, -0.05) is 12.1 Å². The second kappa shape index (κ2) is 7.80. The minimum atomic E-state index is -1.50. The van der Waals surface area contributed by atoms with Gasteiger partial charge in [-0.2, -0.15) is 0 Å². The van der Waals surface area contributed by atoms with Gasteiger partial charge in [0.25, 0.3) is 11.8 Å². The summed E-state index contributed by atoms with van der Waals surface area (Å²) in [4.78, 5) is 49.4. The van der Waals surface area contributed by atoms with Crippen LogP contribution in [0.1, 0.15) is 31.8 Å². The Morgan fingerprint density at radius 1 is 1.24 bits per heavy atom. The van der Waals surface area contributed by atoms with Crippen molar-refractivity contribution in [3.05, 3.63) is 70.5 Å². The molecule has 1 heterocycles. The molecule has 8 nitrogen and oxygen atoms in total. The van der Waals surface area contributed by atoms with Gasteiger partial charge in [-0.15, -0.1) is 0 Å². The molecule has 9 heteroatoms. The van der Waals surface area contributed by atoms with Gasteiger partial charge in [0, 0.05) is 17.7 Å². The first-order chi connectivity index (χ1) is 13.8. The molecule has 0 spiro atoms. The molecule has 1 unspecified atom stereocenters. The molecule has 0 fully saturated rings. The average molecular weight is 398 g/mol. The van der Waals surface area contributed by atoms with Crippen molar-refractivity contribution in [3.63, 3.8) is 0 Å². The molecule has 2 aromatic rings. The molecule has 0 saturated carbocycles.